The number of rotatable bonds is 2. The first-order valence-corrected chi connectivity index (χ1v) is 6.43. The van der Waals surface area contributed by atoms with E-state index >= 15 is 0 Å². The minimum absolute atomic E-state index is 0.0429. The number of fused-ring (bicyclic) bond motifs is 1. The number of hydrogen-bond donors (Lipinski definition) is 1. The molecule has 3 rings (SSSR count). The van der Waals surface area contributed by atoms with Gasteiger partial charge < -0.3 is 14.6 Å². The smallest absolute Gasteiger partial charge is 0.257 e. The van der Waals surface area contributed by atoms with Gasteiger partial charge in [0.05, 0.1) is 17.5 Å². The molecule has 0 aliphatic carbocycles. The second-order valence-electron chi connectivity index (χ2n) is 4.65. The van der Waals surface area contributed by atoms with Crippen molar-refractivity contribution in [2.24, 2.45) is 0 Å². The highest BCUT2D eigenvalue weighted by atomic mass is 16.3. The molecule has 0 radical (unpaired) electrons. The number of benzene rings is 1. The fourth-order valence-electron chi connectivity index (χ4n) is 2.52. The molecule has 1 N–H and O–H groups in total. The number of carbonyl (C=O) groups is 1. The van der Waals surface area contributed by atoms with Gasteiger partial charge in [-0.2, -0.15) is 0 Å². The highest BCUT2D eigenvalue weighted by molar-refractivity contribution is 6.02. The average Bonchev–Trinajstić information content (AvgIpc) is 2.93. The molecule has 0 fully saturated rings. The molecule has 1 unspecified atom stereocenters. The molecule has 19 heavy (non-hydrogen) atoms. The third-order valence-corrected chi connectivity index (χ3v) is 3.51. The van der Waals surface area contributed by atoms with Crippen molar-refractivity contribution in [3.8, 4) is 0 Å². The van der Waals surface area contributed by atoms with Gasteiger partial charge >= 0.3 is 0 Å². The fourth-order valence-corrected chi connectivity index (χ4v) is 2.52. The van der Waals surface area contributed by atoms with E-state index in [4.69, 9.17) is 4.42 Å². The molecule has 0 saturated carbocycles. The monoisotopic (exact) mass is 256 g/mol. The third-order valence-electron chi connectivity index (χ3n) is 3.51. The van der Waals surface area contributed by atoms with Gasteiger partial charge in [0.15, 0.2) is 6.17 Å². The molecule has 98 valence electrons. The van der Waals surface area contributed by atoms with Crippen molar-refractivity contribution in [3.63, 3.8) is 0 Å². The van der Waals surface area contributed by atoms with E-state index in [1.54, 1.807) is 11.2 Å². The summed E-state index contributed by atoms with van der Waals surface area (Å²) in [5.74, 6) is 0.797. The van der Waals surface area contributed by atoms with E-state index in [1.807, 2.05) is 44.2 Å². The number of nitrogens with zero attached hydrogens (tertiary/aromatic N) is 1. The predicted molar refractivity (Wildman–Crippen MR) is 73.0 cm³/mol. The van der Waals surface area contributed by atoms with Gasteiger partial charge in [-0.3, -0.25) is 4.79 Å². The lowest BCUT2D eigenvalue weighted by atomic mass is 10.0. The Bertz CT molecular complexity index is 605. The molecule has 2 heterocycles. The number of furan rings is 1. The standard InChI is InChI=1S/C15H16N2O2/c1-3-17-14(12-8-5-9-19-12)16-13-10(2)6-4-7-11(13)15(17)18/h4-9,14,16H,3H2,1-2H3. The van der Waals surface area contributed by atoms with Crippen molar-refractivity contribution in [2.75, 3.05) is 11.9 Å². The van der Waals surface area contributed by atoms with E-state index in [0.29, 0.717) is 6.54 Å². The summed E-state index contributed by atoms with van der Waals surface area (Å²) in [7, 11) is 0. The van der Waals surface area contributed by atoms with Crippen LogP contribution in [0.3, 0.4) is 0 Å². The van der Waals surface area contributed by atoms with E-state index in [9.17, 15) is 4.79 Å². The normalized spacial score (nSPS) is 18.1. The zero-order chi connectivity index (χ0) is 13.4. The van der Waals surface area contributed by atoms with Gasteiger partial charge in [0, 0.05) is 6.54 Å². The minimum Gasteiger partial charge on any atom is -0.465 e. The van der Waals surface area contributed by atoms with Gasteiger partial charge in [-0.05, 0) is 37.6 Å². The van der Waals surface area contributed by atoms with E-state index in [0.717, 1.165) is 22.6 Å². The van der Waals surface area contributed by atoms with Crippen LogP contribution in [-0.4, -0.2) is 17.4 Å². The summed E-state index contributed by atoms with van der Waals surface area (Å²) in [6.45, 7) is 4.60. The zero-order valence-corrected chi connectivity index (χ0v) is 11.0. The summed E-state index contributed by atoms with van der Waals surface area (Å²) in [5.41, 5.74) is 2.70. The Morgan fingerprint density at radius 2 is 2.16 bits per heavy atom. The summed E-state index contributed by atoms with van der Waals surface area (Å²) < 4.78 is 5.45. The average molecular weight is 256 g/mol. The van der Waals surface area contributed by atoms with E-state index < -0.39 is 0 Å². The van der Waals surface area contributed by atoms with Gasteiger partial charge in [-0.25, -0.2) is 0 Å². The molecule has 4 heteroatoms. The lowest BCUT2D eigenvalue weighted by Gasteiger charge is -2.36. The van der Waals surface area contributed by atoms with Crippen LogP contribution in [0.5, 0.6) is 0 Å². The molecule has 1 amide bonds. The molecular formula is C15H16N2O2. The van der Waals surface area contributed by atoms with Crippen molar-refractivity contribution in [1.29, 1.82) is 0 Å². The van der Waals surface area contributed by atoms with Crippen LogP contribution >= 0.6 is 0 Å². The lowest BCUT2D eigenvalue weighted by Crippen LogP contribution is -2.42. The first-order chi connectivity index (χ1) is 9.22. The summed E-state index contributed by atoms with van der Waals surface area (Å²) in [6.07, 6.45) is 1.39. The molecule has 1 aromatic heterocycles. The maximum Gasteiger partial charge on any atom is 0.257 e. The first kappa shape index (κ1) is 11.8. The second-order valence-corrected chi connectivity index (χ2v) is 4.65. The van der Waals surface area contributed by atoms with Gasteiger partial charge in [0.1, 0.15) is 5.76 Å². The Morgan fingerprint density at radius 1 is 1.32 bits per heavy atom. The van der Waals surface area contributed by atoms with Crippen LogP contribution in [0.2, 0.25) is 0 Å². The Balaban J connectivity index is 2.10. The molecule has 0 bridgehead atoms. The van der Waals surface area contributed by atoms with E-state index in [2.05, 4.69) is 5.32 Å². The first-order valence-electron chi connectivity index (χ1n) is 6.43. The van der Waals surface area contributed by atoms with Crippen LogP contribution < -0.4 is 5.32 Å². The Kier molecular flexibility index (Phi) is 2.78. The maximum atomic E-state index is 12.5. The molecule has 4 nitrogen and oxygen atoms in total. The van der Waals surface area contributed by atoms with Gasteiger partial charge in [0.2, 0.25) is 0 Å². The highest BCUT2D eigenvalue weighted by Crippen LogP contribution is 2.34. The number of anilines is 1. The zero-order valence-electron chi connectivity index (χ0n) is 11.0. The van der Waals surface area contributed by atoms with Crippen molar-refractivity contribution in [1.82, 2.24) is 4.90 Å². The predicted octanol–water partition coefficient (Wildman–Crippen LogP) is 3.17. The molecule has 2 aromatic rings. The molecule has 1 aliphatic rings. The number of amides is 1. The summed E-state index contributed by atoms with van der Waals surface area (Å²) in [4.78, 5) is 14.3. The van der Waals surface area contributed by atoms with Crippen LogP contribution in [0.1, 0.15) is 34.8 Å². The van der Waals surface area contributed by atoms with Crippen molar-refractivity contribution >= 4 is 11.6 Å². The van der Waals surface area contributed by atoms with E-state index in [-0.39, 0.29) is 12.1 Å². The van der Waals surface area contributed by atoms with Crippen molar-refractivity contribution in [2.45, 2.75) is 20.0 Å². The Hall–Kier alpha value is -2.23. The second kappa shape index (κ2) is 4.46. The van der Waals surface area contributed by atoms with Gasteiger partial charge in [-0.1, -0.05) is 12.1 Å². The third kappa shape index (κ3) is 1.80. The summed E-state index contributed by atoms with van der Waals surface area (Å²) >= 11 is 0. The van der Waals surface area contributed by atoms with E-state index in [1.165, 1.54) is 0 Å². The summed E-state index contributed by atoms with van der Waals surface area (Å²) in [5, 5.41) is 3.41. The van der Waals surface area contributed by atoms with Gasteiger partial charge in [0.25, 0.3) is 5.91 Å². The van der Waals surface area contributed by atoms with Crippen molar-refractivity contribution in [3.05, 3.63) is 53.5 Å². The van der Waals surface area contributed by atoms with Crippen LogP contribution in [0.25, 0.3) is 0 Å². The summed E-state index contributed by atoms with van der Waals surface area (Å²) in [6, 6.07) is 9.49. The quantitative estimate of drug-likeness (QED) is 0.897. The van der Waals surface area contributed by atoms with Crippen molar-refractivity contribution < 1.29 is 9.21 Å². The number of hydrogen-bond acceptors (Lipinski definition) is 3. The molecule has 0 saturated heterocycles. The molecule has 1 aliphatic heterocycles. The fraction of sp³-hybridized carbons (Fsp3) is 0.267. The molecule has 1 aromatic carbocycles. The minimum atomic E-state index is -0.235. The Morgan fingerprint density at radius 3 is 2.84 bits per heavy atom. The number of para-hydroxylation sites is 1. The highest BCUT2D eigenvalue weighted by Gasteiger charge is 2.33. The molecule has 1 atom stereocenters. The lowest BCUT2D eigenvalue weighted by molar-refractivity contribution is 0.0675. The number of carbonyl (C=O) groups excluding carboxylic acids is 1. The Labute approximate surface area is 112 Å². The van der Waals surface area contributed by atoms with Gasteiger partial charge in [-0.15, -0.1) is 0 Å². The largest absolute Gasteiger partial charge is 0.465 e. The van der Waals surface area contributed by atoms with Crippen LogP contribution in [0.4, 0.5) is 5.69 Å². The van der Waals surface area contributed by atoms with Crippen LogP contribution in [0, 0.1) is 6.92 Å². The van der Waals surface area contributed by atoms with Crippen LogP contribution in [0.15, 0.2) is 41.0 Å². The molecule has 0 spiro atoms. The number of nitrogens with one attached hydrogen (secondary N) is 1. The number of aryl methyl sites for hydroxylation is 1. The van der Waals surface area contributed by atoms with Crippen LogP contribution in [-0.2, 0) is 0 Å². The molecular weight excluding hydrogens is 240 g/mol. The maximum absolute atomic E-state index is 12.5. The topological polar surface area (TPSA) is 45.5 Å². The SMILES string of the molecule is CCN1C(=O)c2cccc(C)c2NC1c1ccco1.